The van der Waals surface area contributed by atoms with Gasteiger partial charge in [0.05, 0.1) is 5.92 Å². The van der Waals surface area contributed by atoms with Gasteiger partial charge < -0.3 is 16.4 Å². The Bertz CT molecular complexity index is 450. The van der Waals surface area contributed by atoms with Crippen LogP contribution < -0.4 is 16.4 Å². The normalized spacial score (nSPS) is 19.9. The van der Waals surface area contributed by atoms with Crippen LogP contribution in [-0.4, -0.2) is 19.0 Å². The van der Waals surface area contributed by atoms with E-state index in [2.05, 4.69) is 26.9 Å². The second-order valence-electron chi connectivity index (χ2n) is 4.66. The molecule has 0 spiro atoms. The number of piperidine rings is 1. The Morgan fingerprint density at radius 2 is 2.28 bits per heavy atom. The fourth-order valence-corrected chi connectivity index (χ4v) is 2.86. The summed E-state index contributed by atoms with van der Waals surface area (Å²) in [6, 6.07) is 6.08. The number of hydrogen-bond donors (Lipinski definition) is 2. The molecule has 1 aliphatic rings. The van der Waals surface area contributed by atoms with Gasteiger partial charge in [0.1, 0.15) is 0 Å². The topological polar surface area (TPSA) is 72.3 Å². The quantitative estimate of drug-likeness (QED) is 0.890. The van der Waals surface area contributed by atoms with Crippen LogP contribution in [0.2, 0.25) is 0 Å². The van der Waals surface area contributed by atoms with E-state index >= 15 is 0 Å². The van der Waals surface area contributed by atoms with E-state index < -0.39 is 0 Å². The van der Waals surface area contributed by atoms with Crippen LogP contribution in [0.3, 0.4) is 0 Å². The largest absolute Gasteiger partial charge is 0.370 e. The number of primary amides is 1. The fourth-order valence-electron chi connectivity index (χ4n) is 2.45. The van der Waals surface area contributed by atoms with Crippen LogP contribution in [0.25, 0.3) is 0 Å². The molecule has 1 heterocycles. The van der Waals surface area contributed by atoms with Gasteiger partial charge in [0.15, 0.2) is 0 Å². The maximum Gasteiger partial charge on any atom is 0.222 e. The number of anilines is 1. The molecular weight excluding hydrogens is 294 g/mol. The third kappa shape index (κ3) is 2.84. The van der Waals surface area contributed by atoms with Crippen molar-refractivity contribution >= 4 is 27.5 Å². The maximum absolute atomic E-state index is 11.3. The summed E-state index contributed by atoms with van der Waals surface area (Å²) in [5.74, 6) is -0.251. The molecule has 1 saturated heterocycles. The summed E-state index contributed by atoms with van der Waals surface area (Å²) in [6.45, 7) is 2.15. The minimum Gasteiger partial charge on any atom is -0.370 e. The number of carbonyl (C=O) groups is 1. The number of nitrogens with two attached hydrogens (primary N) is 2. The Balaban J connectivity index is 2.22. The lowest BCUT2D eigenvalue weighted by Gasteiger charge is -2.34. The Morgan fingerprint density at radius 3 is 2.94 bits per heavy atom. The molecule has 0 bridgehead atoms. The number of rotatable bonds is 3. The van der Waals surface area contributed by atoms with Gasteiger partial charge in [-0.25, -0.2) is 0 Å². The van der Waals surface area contributed by atoms with E-state index in [1.54, 1.807) is 0 Å². The summed E-state index contributed by atoms with van der Waals surface area (Å²) in [6.07, 6.45) is 1.88. The van der Waals surface area contributed by atoms with Gasteiger partial charge in [-0.05, 0) is 36.6 Å². The van der Waals surface area contributed by atoms with E-state index in [-0.39, 0.29) is 11.8 Å². The highest BCUT2D eigenvalue weighted by molar-refractivity contribution is 9.10. The standard InChI is InChI=1S/C13H18BrN3O/c14-11-3-4-12(10(6-11)7-15)17-5-1-2-9(8-17)13(16)18/h3-4,6,9H,1-2,5,7-8,15H2,(H2,16,18). The molecule has 1 aromatic carbocycles. The van der Waals surface area contributed by atoms with Crippen LogP contribution in [0, 0.1) is 5.92 Å². The predicted molar refractivity (Wildman–Crippen MR) is 76.2 cm³/mol. The highest BCUT2D eigenvalue weighted by Gasteiger charge is 2.25. The van der Waals surface area contributed by atoms with E-state index in [1.807, 2.05) is 12.1 Å². The molecule has 1 unspecified atom stereocenters. The third-order valence-corrected chi connectivity index (χ3v) is 3.92. The monoisotopic (exact) mass is 311 g/mol. The van der Waals surface area contributed by atoms with Crippen LogP contribution in [0.4, 0.5) is 5.69 Å². The van der Waals surface area contributed by atoms with Gasteiger partial charge in [0.25, 0.3) is 0 Å². The van der Waals surface area contributed by atoms with Gasteiger partial charge in [-0.15, -0.1) is 0 Å². The Morgan fingerprint density at radius 1 is 1.50 bits per heavy atom. The number of amides is 1. The lowest BCUT2D eigenvalue weighted by Crippen LogP contribution is -2.41. The lowest BCUT2D eigenvalue weighted by atomic mass is 9.96. The first kappa shape index (κ1) is 13.4. The maximum atomic E-state index is 11.3. The molecule has 1 fully saturated rings. The molecule has 0 aromatic heterocycles. The molecule has 0 saturated carbocycles. The molecular formula is C13H18BrN3O. The van der Waals surface area contributed by atoms with E-state index in [4.69, 9.17) is 11.5 Å². The minimum atomic E-state index is -0.203. The lowest BCUT2D eigenvalue weighted by molar-refractivity contribution is -0.122. The van der Waals surface area contributed by atoms with Crippen LogP contribution >= 0.6 is 15.9 Å². The van der Waals surface area contributed by atoms with Gasteiger partial charge >= 0.3 is 0 Å². The molecule has 1 amide bonds. The molecule has 18 heavy (non-hydrogen) atoms. The van der Waals surface area contributed by atoms with E-state index in [9.17, 15) is 4.79 Å². The van der Waals surface area contributed by atoms with E-state index in [1.165, 1.54) is 0 Å². The molecule has 5 heteroatoms. The van der Waals surface area contributed by atoms with Crippen molar-refractivity contribution in [2.75, 3.05) is 18.0 Å². The molecule has 2 rings (SSSR count). The summed E-state index contributed by atoms with van der Waals surface area (Å²) in [5, 5.41) is 0. The van der Waals surface area contributed by atoms with Crippen LogP contribution in [0.5, 0.6) is 0 Å². The molecule has 4 nitrogen and oxygen atoms in total. The van der Waals surface area contributed by atoms with Crippen molar-refractivity contribution in [2.24, 2.45) is 17.4 Å². The van der Waals surface area contributed by atoms with Crippen LogP contribution in [0.15, 0.2) is 22.7 Å². The van der Waals surface area contributed by atoms with Gasteiger partial charge in [-0.3, -0.25) is 4.79 Å². The Hall–Kier alpha value is -1.07. The second-order valence-corrected chi connectivity index (χ2v) is 5.58. The van der Waals surface area contributed by atoms with Crippen molar-refractivity contribution in [3.63, 3.8) is 0 Å². The van der Waals surface area contributed by atoms with Crippen LogP contribution in [-0.2, 0) is 11.3 Å². The van der Waals surface area contributed by atoms with E-state index in [0.29, 0.717) is 13.1 Å². The van der Waals surface area contributed by atoms with Crippen molar-refractivity contribution in [3.05, 3.63) is 28.2 Å². The fraction of sp³-hybridized carbons (Fsp3) is 0.462. The first-order valence-electron chi connectivity index (χ1n) is 6.14. The van der Waals surface area contributed by atoms with Gasteiger partial charge in [-0.1, -0.05) is 15.9 Å². The first-order valence-corrected chi connectivity index (χ1v) is 6.94. The zero-order chi connectivity index (χ0) is 13.1. The number of benzene rings is 1. The minimum absolute atomic E-state index is 0.0481. The highest BCUT2D eigenvalue weighted by atomic mass is 79.9. The first-order chi connectivity index (χ1) is 8.61. The predicted octanol–water partition coefficient (Wildman–Crippen LogP) is 1.61. The SMILES string of the molecule is NCc1cc(Br)ccc1N1CCCC(C(N)=O)C1. The number of carbonyl (C=O) groups excluding carboxylic acids is 1. The van der Waals surface area contributed by atoms with Gasteiger partial charge in [0.2, 0.25) is 5.91 Å². The van der Waals surface area contributed by atoms with Crippen molar-refractivity contribution < 1.29 is 4.79 Å². The van der Waals surface area contributed by atoms with Gasteiger partial charge in [-0.2, -0.15) is 0 Å². The smallest absolute Gasteiger partial charge is 0.222 e. The summed E-state index contributed by atoms with van der Waals surface area (Å²) in [7, 11) is 0. The third-order valence-electron chi connectivity index (χ3n) is 3.43. The number of halogens is 1. The van der Waals surface area contributed by atoms with Crippen molar-refractivity contribution in [1.29, 1.82) is 0 Å². The zero-order valence-electron chi connectivity index (χ0n) is 10.2. The van der Waals surface area contributed by atoms with Crippen molar-refractivity contribution in [3.8, 4) is 0 Å². The molecule has 0 radical (unpaired) electrons. The summed E-state index contributed by atoms with van der Waals surface area (Å²) in [4.78, 5) is 13.5. The van der Waals surface area contributed by atoms with Gasteiger partial charge in [0, 0.05) is 29.8 Å². The molecule has 1 aromatic rings. The number of hydrogen-bond acceptors (Lipinski definition) is 3. The van der Waals surface area contributed by atoms with Crippen molar-refractivity contribution in [1.82, 2.24) is 0 Å². The zero-order valence-corrected chi connectivity index (χ0v) is 11.8. The highest BCUT2D eigenvalue weighted by Crippen LogP contribution is 2.28. The molecule has 0 aliphatic carbocycles. The molecule has 4 N–H and O–H groups in total. The summed E-state index contributed by atoms with van der Waals surface area (Å²) in [5.41, 5.74) is 13.4. The summed E-state index contributed by atoms with van der Waals surface area (Å²) < 4.78 is 1.02. The molecule has 1 atom stereocenters. The molecule has 98 valence electrons. The summed E-state index contributed by atoms with van der Waals surface area (Å²) >= 11 is 3.45. The average molecular weight is 312 g/mol. The average Bonchev–Trinajstić information content (AvgIpc) is 2.38. The Kier molecular flexibility index (Phi) is 4.24. The molecule has 1 aliphatic heterocycles. The van der Waals surface area contributed by atoms with Crippen LogP contribution in [0.1, 0.15) is 18.4 Å². The number of nitrogens with zero attached hydrogens (tertiary/aromatic N) is 1. The van der Waals surface area contributed by atoms with E-state index in [0.717, 1.165) is 35.1 Å². The second kappa shape index (κ2) is 5.71. The van der Waals surface area contributed by atoms with Crippen molar-refractivity contribution in [2.45, 2.75) is 19.4 Å². The Labute approximate surface area is 115 Å².